The van der Waals surface area contributed by atoms with Crippen molar-refractivity contribution in [2.24, 2.45) is 0 Å². The molecule has 1 aliphatic heterocycles. The van der Waals surface area contributed by atoms with Crippen molar-refractivity contribution < 1.29 is 9.59 Å². The fourth-order valence-corrected chi connectivity index (χ4v) is 3.07. The monoisotopic (exact) mass is 408 g/mol. The molecule has 0 unspecified atom stereocenters. The summed E-state index contributed by atoms with van der Waals surface area (Å²) < 4.78 is 0. The number of halogens is 2. The predicted molar refractivity (Wildman–Crippen MR) is 104 cm³/mol. The second-order valence-corrected chi connectivity index (χ2v) is 6.70. The molecule has 2 heterocycles. The van der Waals surface area contributed by atoms with Gasteiger partial charge in [-0.25, -0.2) is 14.8 Å². The Hall–Kier alpha value is -2.58. The number of hydrogen-bond donors (Lipinski definition) is 2. The molecule has 27 heavy (non-hydrogen) atoms. The third-order valence-electron chi connectivity index (χ3n) is 4.01. The number of carbonyl (C=O) groups excluding carboxylic acids is 2. The van der Waals surface area contributed by atoms with E-state index in [1.165, 1.54) is 6.07 Å². The van der Waals surface area contributed by atoms with E-state index in [1.807, 2.05) is 4.90 Å². The Bertz CT molecular complexity index is 812. The number of urea groups is 1. The highest BCUT2D eigenvalue weighted by molar-refractivity contribution is 6.36. The third kappa shape index (κ3) is 5.21. The van der Waals surface area contributed by atoms with E-state index in [-0.39, 0.29) is 18.5 Å². The molecule has 8 nitrogen and oxygen atoms in total. The van der Waals surface area contributed by atoms with Gasteiger partial charge >= 0.3 is 6.03 Å². The van der Waals surface area contributed by atoms with Crippen LogP contribution in [0.25, 0.3) is 0 Å². The summed E-state index contributed by atoms with van der Waals surface area (Å²) >= 11 is 11.8. The molecule has 0 saturated carbocycles. The number of nitrogens with one attached hydrogen (secondary N) is 2. The number of carbonyl (C=O) groups is 2. The zero-order valence-corrected chi connectivity index (χ0v) is 15.9. The lowest BCUT2D eigenvalue weighted by atomic mass is 10.3. The number of piperazine rings is 1. The molecular weight excluding hydrogens is 391 g/mol. The van der Waals surface area contributed by atoms with Crippen molar-refractivity contribution in [1.29, 1.82) is 0 Å². The van der Waals surface area contributed by atoms with E-state index in [0.29, 0.717) is 47.9 Å². The lowest BCUT2D eigenvalue weighted by molar-refractivity contribution is -0.115. The fourth-order valence-electron chi connectivity index (χ4n) is 2.62. The summed E-state index contributed by atoms with van der Waals surface area (Å²) in [6.07, 6.45) is 3.37. The average molecular weight is 409 g/mol. The normalized spacial score (nSPS) is 14.0. The van der Waals surface area contributed by atoms with E-state index in [2.05, 4.69) is 20.6 Å². The minimum absolute atomic E-state index is 0.153. The van der Waals surface area contributed by atoms with Crippen LogP contribution in [0.1, 0.15) is 0 Å². The van der Waals surface area contributed by atoms with Crippen LogP contribution in [0.15, 0.2) is 36.7 Å². The van der Waals surface area contributed by atoms with Crippen molar-refractivity contribution in [3.63, 3.8) is 0 Å². The molecule has 2 aromatic rings. The van der Waals surface area contributed by atoms with Crippen molar-refractivity contribution in [1.82, 2.24) is 20.2 Å². The summed E-state index contributed by atoms with van der Waals surface area (Å²) in [5.74, 6) is 0.278. The Labute approximate surface area is 166 Å². The van der Waals surface area contributed by atoms with E-state index < -0.39 is 0 Å². The second kappa shape index (κ2) is 8.88. The lowest BCUT2D eigenvalue weighted by Gasteiger charge is -2.34. The van der Waals surface area contributed by atoms with Gasteiger partial charge in [0.25, 0.3) is 0 Å². The molecule has 1 aromatic carbocycles. The van der Waals surface area contributed by atoms with Gasteiger partial charge in [0.15, 0.2) is 0 Å². The molecule has 3 amide bonds. The summed E-state index contributed by atoms with van der Waals surface area (Å²) in [7, 11) is 0. The first-order chi connectivity index (χ1) is 13.0. The van der Waals surface area contributed by atoms with Crippen LogP contribution in [0.3, 0.4) is 0 Å². The first-order valence-corrected chi connectivity index (χ1v) is 9.08. The summed E-state index contributed by atoms with van der Waals surface area (Å²) in [6.45, 7) is 2.15. The standard InChI is InChI=1S/C17H18Cl2N6O2/c18-12-2-3-14(13(19)10-12)23-15(26)11-22-17(27)25-8-6-24(7-9-25)16-20-4-1-5-21-16/h1-5,10H,6-9,11H2,(H,22,27)(H,23,26). The zero-order chi connectivity index (χ0) is 19.2. The van der Waals surface area contributed by atoms with Gasteiger partial charge in [0.1, 0.15) is 0 Å². The van der Waals surface area contributed by atoms with Crippen molar-refractivity contribution in [3.05, 3.63) is 46.7 Å². The summed E-state index contributed by atoms with van der Waals surface area (Å²) in [6, 6.07) is 6.23. The number of amides is 3. The topological polar surface area (TPSA) is 90.5 Å². The molecule has 1 aliphatic rings. The van der Waals surface area contributed by atoms with E-state index in [1.54, 1.807) is 35.5 Å². The number of benzene rings is 1. The molecule has 0 atom stereocenters. The van der Waals surface area contributed by atoms with Gasteiger partial charge in [-0.1, -0.05) is 23.2 Å². The van der Waals surface area contributed by atoms with Gasteiger partial charge in [0.2, 0.25) is 11.9 Å². The molecule has 0 spiro atoms. The number of aromatic nitrogens is 2. The number of hydrogen-bond acceptors (Lipinski definition) is 5. The average Bonchev–Trinajstić information content (AvgIpc) is 2.69. The first-order valence-electron chi connectivity index (χ1n) is 8.32. The van der Waals surface area contributed by atoms with E-state index in [0.717, 1.165) is 0 Å². The molecule has 1 saturated heterocycles. The molecular formula is C17H18Cl2N6O2. The smallest absolute Gasteiger partial charge is 0.317 e. The van der Waals surface area contributed by atoms with Gasteiger partial charge < -0.3 is 20.4 Å². The summed E-state index contributed by atoms with van der Waals surface area (Å²) in [5, 5.41) is 6.06. The predicted octanol–water partition coefficient (Wildman–Crippen LogP) is 2.25. The second-order valence-electron chi connectivity index (χ2n) is 5.85. The SMILES string of the molecule is O=C(CNC(=O)N1CCN(c2ncccn2)CC1)Nc1ccc(Cl)cc1Cl. The van der Waals surface area contributed by atoms with Gasteiger partial charge in [-0.3, -0.25) is 4.79 Å². The minimum Gasteiger partial charge on any atom is -0.337 e. The van der Waals surface area contributed by atoms with Crippen LogP contribution in [-0.2, 0) is 4.79 Å². The van der Waals surface area contributed by atoms with Crippen molar-refractivity contribution in [3.8, 4) is 0 Å². The van der Waals surface area contributed by atoms with Crippen LogP contribution in [0.5, 0.6) is 0 Å². The van der Waals surface area contributed by atoms with Gasteiger partial charge in [-0.15, -0.1) is 0 Å². The Morgan fingerprint density at radius 2 is 1.78 bits per heavy atom. The maximum absolute atomic E-state index is 12.3. The molecule has 1 aromatic heterocycles. The van der Waals surface area contributed by atoms with E-state index in [9.17, 15) is 9.59 Å². The van der Waals surface area contributed by atoms with Crippen LogP contribution in [0, 0.1) is 0 Å². The fraction of sp³-hybridized carbons (Fsp3) is 0.294. The highest BCUT2D eigenvalue weighted by atomic mass is 35.5. The summed E-state index contributed by atoms with van der Waals surface area (Å²) in [4.78, 5) is 36.3. The Kier molecular flexibility index (Phi) is 6.31. The Morgan fingerprint density at radius 3 is 2.44 bits per heavy atom. The van der Waals surface area contributed by atoms with E-state index in [4.69, 9.17) is 23.2 Å². The third-order valence-corrected chi connectivity index (χ3v) is 4.56. The highest BCUT2D eigenvalue weighted by Crippen LogP contribution is 2.25. The van der Waals surface area contributed by atoms with Gasteiger partial charge in [-0.05, 0) is 24.3 Å². The molecule has 2 N–H and O–H groups in total. The van der Waals surface area contributed by atoms with Crippen LogP contribution < -0.4 is 15.5 Å². The quantitative estimate of drug-likeness (QED) is 0.809. The van der Waals surface area contributed by atoms with E-state index >= 15 is 0 Å². The summed E-state index contributed by atoms with van der Waals surface area (Å²) in [5.41, 5.74) is 0.441. The van der Waals surface area contributed by atoms with Crippen LogP contribution >= 0.6 is 23.2 Å². The van der Waals surface area contributed by atoms with Crippen molar-refractivity contribution in [2.75, 3.05) is 42.9 Å². The lowest BCUT2D eigenvalue weighted by Crippen LogP contribution is -2.53. The largest absolute Gasteiger partial charge is 0.337 e. The molecule has 142 valence electrons. The minimum atomic E-state index is -0.371. The highest BCUT2D eigenvalue weighted by Gasteiger charge is 2.22. The zero-order valence-electron chi connectivity index (χ0n) is 14.4. The maximum Gasteiger partial charge on any atom is 0.317 e. The molecule has 1 fully saturated rings. The number of anilines is 2. The molecule has 0 radical (unpaired) electrons. The van der Waals surface area contributed by atoms with Crippen LogP contribution in [0.4, 0.5) is 16.4 Å². The molecule has 10 heteroatoms. The maximum atomic E-state index is 12.3. The van der Waals surface area contributed by atoms with Crippen molar-refractivity contribution >= 4 is 46.8 Å². The molecule has 0 bridgehead atoms. The molecule has 0 aliphatic carbocycles. The van der Waals surface area contributed by atoms with Crippen molar-refractivity contribution in [2.45, 2.75) is 0 Å². The number of nitrogens with zero attached hydrogens (tertiary/aromatic N) is 4. The van der Waals surface area contributed by atoms with Crippen LogP contribution in [0.2, 0.25) is 10.0 Å². The Balaban J connectivity index is 1.44. The van der Waals surface area contributed by atoms with Crippen LogP contribution in [-0.4, -0.2) is 59.5 Å². The Morgan fingerprint density at radius 1 is 1.07 bits per heavy atom. The van der Waals surface area contributed by atoms with Gasteiger partial charge in [-0.2, -0.15) is 0 Å². The van der Waals surface area contributed by atoms with Gasteiger partial charge in [0, 0.05) is 43.6 Å². The number of rotatable bonds is 4. The molecule has 3 rings (SSSR count). The van der Waals surface area contributed by atoms with Gasteiger partial charge in [0.05, 0.1) is 17.3 Å². The first kappa shape index (κ1) is 19.2.